The van der Waals surface area contributed by atoms with Gasteiger partial charge < -0.3 is 10.1 Å². The molecule has 0 radical (unpaired) electrons. The molecule has 6 heteroatoms. The first kappa shape index (κ1) is 15.3. The highest BCUT2D eigenvalue weighted by atomic mass is 35.5. The topological polar surface area (TPSA) is 51.2 Å². The van der Waals surface area contributed by atoms with Crippen LogP contribution < -0.4 is 10.1 Å². The number of carbonyl (C=O) groups excluding carboxylic acids is 1. The Morgan fingerprint density at radius 2 is 2.19 bits per heavy atom. The molecule has 2 rings (SSSR count). The molecule has 1 N–H and O–H groups in total. The molecule has 110 valence electrons. The number of rotatable bonds is 5. The first-order valence-electron chi connectivity index (χ1n) is 6.40. The Balaban J connectivity index is 2.04. The summed E-state index contributed by atoms with van der Waals surface area (Å²) in [5.41, 5.74) is 0.674. The SMILES string of the molecule is CCOc1cncc(C(=O)NCc2cc(Cl)ccc2F)c1. The maximum Gasteiger partial charge on any atom is 0.253 e. The number of hydrogen-bond acceptors (Lipinski definition) is 3. The summed E-state index contributed by atoms with van der Waals surface area (Å²) in [6.07, 6.45) is 2.95. The lowest BCUT2D eigenvalue weighted by atomic mass is 10.2. The van der Waals surface area contributed by atoms with Crippen LogP contribution in [0.4, 0.5) is 4.39 Å². The van der Waals surface area contributed by atoms with E-state index in [0.717, 1.165) is 0 Å². The van der Waals surface area contributed by atoms with Gasteiger partial charge in [0.1, 0.15) is 11.6 Å². The van der Waals surface area contributed by atoms with Crippen LogP contribution in [0.25, 0.3) is 0 Å². The lowest BCUT2D eigenvalue weighted by Crippen LogP contribution is -2.23. The third-order valence-corrected chi connectivity index (χ3v) is 2.97. The van der Waals surface area contributed by atoms with Gasteiger partial charge in [-0.1, -0.05) is 11.6 Å². The largest absolute Gasteiger partial charge is 0.492 e. The van der Waals surface area contributed by atoms with Crippen LogP contribution in [0.5, 0.6) is 5.75 Å². The van der Waals surface area contributed by atoms with Crippen LogP contribution in [0.1, 0.15) is 22.8 Å². The molecule has 0 atom stereocenters. The van der Waals surface area contributed by atoms with Crippen LogP contribution in [0.15, 0.2) is 36.7 Å². The van der Waals surface area contributed by atoms with Crippen LogP contribution in [0, 0.1) is 5.82 Å². The van der Waals surface area contributed by atoms with Gasteiger partial charge in [-0.25, -0.2) is 4.39 Å². The highest BCUT2D eigenvalue weighted by molar-refractivity contribution is 6.30. The molecule has 0 fully saturated rings. The van der Waals surface area contributed by atoms with Crippen molar-refractivity contribution in [1.82, 2.24) is 10.3 Å². The third-order valence-electron chi connectivity index (χ3n) is 2.73. The molecule has 2 aromatic rings. The molecular weight excluding hydrogens is 295 g/mol. The zero-order valence-electron chi connectivity index (χ0n) is 11.4. The Morgan fingerprint density at radius 1 is 1.38 bits per heavy atom. The first-order valence-corrected chi connectivity index (χ1v) is 6.78. The molecule has 4 nitrogen and oxygen atoms in total. The summed E-state index contributed by atoms with van der Waals surface area (Å²) in [7, 11) is 0. The third kappa shape index (κ3) is 4.16. The molecule has 1 aromatic heterocycles. The number of hydrogen-bond donors (Lipinski definition) is 1. The molecule has 1 amide bonds. The van der Waals surface area contributed by atoms with E-state index < -0.39 is 5.82 Å². The minimum Gasteiger partial charge on any atom is -0.492 e. The fourth-order valence-corrected chi connectivity index (χ4v) is 1.94. The Morgan fingerprint density at radius 3 is 2.95 bits per heavy atom. The quantitative estimate of drug-likeness (QED) is 0.923. The van der Waals surface area contributed by atoms with Gasteiger partial charge >= 0.3 is 0 Å². The summed E-state index contributed by atoms with van der Waals surface area (Å²) in [4.78, 5) is 15.9. The van der Waals surface area contributed by atoms with Gasteiger partial charge in [-0.05, 0) is 31.2 Å². The predicted molar refractivity (Wildman–Crippen MR) is 78.0 cm³/mol. The highest BCUT2D eigenvalue weighted by Gasteiger charge is 2.09. The number of pyridine rings is 1. The first-order chi connectivity index (χ1) is 10.1. The lowest BCUT2D eigenvalue weighted by molar-refractivity contribution is 0.0949. The number of ether oxygens (including phenoxy) is 1. The number of halogens is 2. The Hall–Kier alpha value is -2.14. The highest BCUT2D eigenvalue weighted by Crippen LogP contribution is 2.15. The van der Waals surface area contributed by atoms with Gasteiger partial charge in [0.15, 0.2) is 0 Å². The molecule has 0 saturated heterocycles. The van der Waals surface area contributed by atoms with Crippen molar-refractivity contribution in [1.29, 1.82) is 0 Å². The molecule has 0 spiro atoms. The molecule has 0 aliphatic carbocycles. The van der Waals surface area contributed by atoms with E-state index in [1.807, 2.05) is 6.92 Å². The molecule has 21 heavy (non-hydrogen) atoms. The molecule has 0 unspecified atom stereocenters. The van der Waals surface area contributed by atoms with Crippen molar-refractivity contribution >= 4 is 17.5 Å². The minimum atomic E-state index is -0.416. The average Bonchev–Trinajstić information content (AvgIpc) is 2.48. The second-order valence-electron chi connectivity index (χ2n) is 4.26. The summed E-state index contributed by atoms with van der Waals surface area (Å²) < 4.78 is 18.8. The van der Waals surface area contributed by atoms with Crippen LogP contribution in [0.3, 0.4) is 0 Å². The summed E-state index contributed by atoms with van der Waals surface area (Å²) in [5, 5.41) is 3.04. The maximum absolute atomic E-state index is 13.5. The molecule has 0 bridgehead atoms. The Kier molecular flexibility index (Phi) is 5.11. The standard InChI is InChI=1S/C15H14ClFN2O2/c1-2-21-13-6-11(7-18-9-13)15(20)19-8-10-5-12(16)3-4-14(10)17/h3-7,9H,2,8H2,1H3,(H,19,20). The van der Waals surface area contributed by atoms with Gasteiger partial charge in [-0.2, -0.15) is 0 Å². The lowest BCUT2D eigenvalue weighted by Gasteiger charge is -2.08. The summed E-state index contributed by atoms with van der Waals surface area (Å²) in [6.45, 7) is 2.37. The second-order valence-corrected chi connectivity index (χ2v) is 4.70. The van der Waals surface area contributed by atoms with Crippen molar-refractivity contribution in [3.63, 3.8) is 0 Å². The monoisotopic (exact) mass is 308 g/mol. The van der Waals surface area contributed by atoms with E-state index in [9.17, 15) is 9.18 Å². The van der Waals surface area contributed by atoms with E-state index in [2.05, 4.69) is 10.3 Å². The van der Waals surface area contributed by atoms with Gasteiger partial charge in [0.25, 0.3) is 5.91 Å². The van der Waals surface area contributed by atoms with Gasteiger partial charge in [-0.15, -0.1) is 0 Å². The van der Waals surface area contributed by atoms with Gasteiger partial charge in [-0.3, -0.25) is 9.78 Å². The smallest absolute Gasteiger partial charge is 0.253 e. The van der Waals surface area contributed by atoms with Gasteiger partial charge in [0, 0.05) is 23.3 Å². The number of amides is 1. The van der Waals surface area contributed by atoms with Crippen LogP contribution in [0.2, 0.25) is 5.02 Å². The molecule has 0 aliphatic heterocycles. The molecule has 0 aliphatic rings. The Labute approximate surface area is 126 Å². The minimum absolute atomic E-state index is 0.0457. The van der Waals surface area contributed by atoms with E-state index in [0.29, 0.717) is 28.5 Å². The van der Waals surface area contributed by atoms with Crippen molar-refractivity contribution in [2.24, 2.45) is 0 Å². The average molecular weight is 309 g/mol. The van der Waals surface area contributed by atoms with E-state index in [-0.39, 0.29) is 12.5 Å². The van der Waals surface area contributed by atoms with Crippen molar-refractivity contribution in [3.8, 4) is 5.75 Å². The predicted octanol–water partition coefficient (Wildman–Crippen LogP) is 3.20. The molecule has 0 saturated carbocycles. The molecular formula is C15H14ClFN2O2. The second kappa shape index (κ2) is 7.04. The number of nitrogens with one attached hydrogen (secondary N) is 1. The van der Waals surface area contributed by atoms with Gasteiger partial charge in [0.05, 0.1) is 18.4 Å². The number of carbonyl (C=O) groups is 1. The van der Waals surface area contributed by atoms with E-state index in [1.165, 1.54) is 30.6 Å². The number of benzene rings is 1. The fourth-order valence-electron chi connectivity index (χ4n) is 1.74. The number of nitrogens with zero attached hydrogens (tertiary/aromatic N) is 1. The van der Waals surface area contributed by atoms with E-state index >= 15 is 0 Å². The van der Waals surface area contributed by atoms with Crippen LogP contribution >= 0.6 is 11.6 Å². The number of aromatic nitrogens is 1. The van der Waals surface area contributed by atoms with Crippen LogP contribution in [-0.2, 0) is 6.54 Å². The normalized spacial score (nSPS) is 10.2. The van der Waals surface area contributed by atoms with Crippen molar-refractivity contribution in [2.45, 2.75) is 13.5 Å². The van der Waals surface area contributed by atoms with Crippen molar-refractivity contribution in [3.05, 3.63) is 58.6 Å². The van der Waals surface area contributed by atoms with E-state index in [4.69, 9.17) is 16.3 Å². The zero-order chi connectivity index (χ0) is 15.2. The van der Waals surface area contributed by atoms with Crippen molar-refractivity contribution < 1.29 is 13.9 Å². The van der Waals surface area contributed by atoms with Gasteiger partial charge in [0.2, 0.25) is 0 Å². The molecule has 1 aromatic carbocycles. The zero-order valence-corrected chi connectivity index (χ0v) is 12.2. The molecule has 1 heterocycles. The van der Waals surface area contributed by atoms with E-state index in [1.54, 1.807) is 6.07 Å². The Bertz CT molecular complexity index is 649. The summed E-state index contributed by atoms with van der Waals surface area (Å²) >= 11 is 5.80. The van der Waals surface area contributed by atoms with Crippen LogP contribution in [-0.4, -0.2) is 17.5 Å². The summed E-state index contributed by atoms with van der Waals surface area (Å²) in [5.74, 6) is -0.261. The summed E-state index contributed by atoms with van der Waals surface area (Å²) in [6, 6.07) is 5.78. The fraction of sp³-hybridized carbons (Fsp3) is 0.200. The van der Waals surface area contributed by atoms with Crippen molar-refractivity contribution in [2.75, 3.05) is 6.61 Å². The maximum atomic E-state index is 13.5.